The first kappa shape index (κ1) is 17.9. The van der Waals surface area contributed by atoms with E-state index in [9.17, 15) is 13.6 Å². The van der Waals surface area contributed by atoms with Crippen molar-refractivity contribution in [1.82, 2.24) is 4.98 Å². The zero-order valence-electron chi connectivity index (χ0n) is 14.6. The molecule has 0 unspecified atom stereocenters. The molecule has 0 bridgehead atoms. The molecule has 0 saturated carbocycles. The maximum Gasteiger partial charge on any atom is 0.257 e. The van der Waals surface area contributed by atoms with Gasteiger partial charge in [0.2, 0.25) is 11.9 Å². The molecule has 8 heteroatoms. The Labute approximate surface area is 159 Å². The molecular formula is C20H16F2N4O2. The molecule has 6 nitrogen and oxygen atoms in total. The van der Waals surface area contributed by atoms with Crippen LogP contribution >= 0.6 is 0 Å². The van der Waals surface area contributed by atoms with E-state index in [-0.39, 0.29) is 18.2 Å². The second-order valence-electron chi connectivity index (χ2n) is 6.32. The monoisotopic (exact) mass is 382 g/mol. The molecule has 4 N–H and O–H groups in total. The summed E-state index contributed by atoms with van der Waals surface area (Å²) in [6, 6.07) is 12.6. The average molecular weight is 382 g/mol. The molecule has 2 aromatic carbocycles. The van der Waals surface area contributed by atoms with E-state index in [0.717, 1.165) is 17.7 Å². The minimum absolute atomic E-state index is 0.0195. The van der Waals surface area contributed by atoms with Crippen LogP contribution in [0.15, 0.2) is 48.5 Å². The van der Waals surface area contributed by atoms with Crippen molar-refractivity contribution in [1.29, 1.82) is 0 Å². The molecular weight excluding hydrogens is 366 g/mol. The minimum Gasteiger partial charge on any atom is -0.396 e. The molecule has 0 spiro atoms. The van der Waals surface area contributed by atoms with Crippen molar-refractivity contribution in [2.24, 2.45) is 0 Å². The van der Waals surface area contributed by atoms with Crippen LogP contribution in [0.2, 0.25) is 0 Å². The average Bonchev–Trinajstić information content (AvgIpc) is 2.76. The molecule has 0 fully saturated rings. The molecule has 4 rings (SSSR count). The lowest BCUT2D eigenvalue weighted by atomic mass is 10.1. The molecule has 0 saturated heterocycles. The van der Waals surface area contributed by atoms with E-state index in [1.807, 2.05) is 18.2 Å². The summed E-state index contributed by atoms with van der Waals surface area (Å²) in [5, 5.41) is 18.1. The molecule has 2 heterocycles. The van der Waals surface area contributed by atoms with Crippen LogP contribution in [-0.4, -0.2) is 22.6 Å². The number of aromatic nitrogens is 1. The molecule has 0 aliphatic carbocycles. The van der Waals surface area contributed by atoms with Crippen molar-refractivity contribution in [3.8, 4) is 0 Å². The molecule has 1 aliphatic rings. The number of fused-ring (bicyclic) bond motifs is 2. The summed E-state index contributed by atoms with van der Waals surface area (Å²) in [6.07, 6.45) is 0.489. The van der Waals surface area contributed by atoms with Crippen LogP contribution < -0.4 is 16.0 Å². The summed E-state index contributed by atoms with van der Waals surface area (Å²) in [6.45, 7) is 0.0195. The van der Waals surface area contributed by atoms with Crippen LogP contribution in [0.1, 0.15) is 15.9 Å². The molecule has 3 aromatic rings. The van der Waals surface area contributed by atoms with Crippen LogP contribution in [0, 0.1) is 11.9 Å². The quantitative estimate of drug-likeness (QED) is 0.514. The minimum atomic E-state index is -0.928. The fraction of sp³-hybridized carbons (Fsp3) is 0.100. The zero-order chi connectivity index (χ0) is 19.7. The lowest BCUT2D eigenvalue weighted by molar-refractivity contribution is 0.102. The third-order valence-corrected chi connectivity index (χ3v) is 4.32. The molecule has 1 amide bonds. The van der Waals surface area contributed by atoms with Gasteiger partial charge in [-0.05, 0) is 42.3 Å². The predicted molar refractivity (Wildman–Crippen MR) is 102 cm³/mol. The van der Waals surface area contributed by atoms with Gasteiger partial charge in [0.1, 0.15) is 0 Å². The lowest BCUT2D eigenvalue weighted by Crippen LogP contribution is -2.11. The Balaban J connectivity index is 1.66. The van der Waals surface area contributed by atoms with Crippen molar-refractivity contribution in [2.45, 2.75) is 6.42 Å². The van der Waals surface area contributed by atoms with Gasteiger partial charge < -0.3 is 21.1 Å². The number of carbonyl (C=O) groups excluding carboxylic acids is 1. The SMILES string of the molecule is O=C1Nc2cc(CCO)ccc2Nc2cc(Nc3cc(F)nc(F)c3)ccc21. The van der Waals surface area contributed by atoms with Crippen molar-refractivity contribution in [2.75, 3.05) is 22.6 Å². The third kappa shape index (κ3) is 3.63. The fourth-order valence-corrected chi connectivity index (χ4v) is 3.05. The van der Waals surface area contributed by atoms with Gasteiger partial charge in [-0.1, -0.05) is 6.07 Å². The van der Waals surface area contributed by atoms with Crippen molar-refractivity contribution in [3.63, 3.8) is 0 Å². The maximum absolute atomic E-state index is 13.3. The summed E-state index contributed by atoms with van der Waals surface area (Å²) >= 11 is 0. The predicted octanol–water partition coefficient (Wildman–Crippen LogP) is 3.95. The van der Waals surface area contributed by atoms with Crippen LogP contribution in [-0.2, 0) is 6.42 Å². The first-order chi connectivity index (χ1) is 13.5. The van der Waals surface area contributed by atoms with Gasteiger partial charge in [0.05, 0.1) is 22.6 Å². The molecule has 0 radical (unpaired) electrons. The van der Waals surface area contributed by atoms with E-state index in [1.165, 1.54) is 0 Å². The second kappa shape index (κ2) is 7.24. The van der Waals surface area contributed by atoms with Gasteiger partial charge in [0.25, 0.3) is 5.91 Å². The third-order valence-electron chi connectivity index (χ3n) is 4.32. The Kier molecular flexibility index (Phi) is 4.62. The van der Waals surface area contributed by atoms with Gasteiger partial charge in [-0.2, -0.15) is 13.8 Å². The summed E-state index contributed by atoms with van der Waals surface area (Å²) in [5.41, 5.74) is 3.94. The number of halogens is 2. The van der Waals surface area contributed by atoms with Gasteiger partial charge in [0.15, 0.2) is 0 Å². The number of aliphatic hydroxyl groups is 1. The largest absolute Gasteiger partial charge is 0.396 e. The van der Waals surface area contributed by atoms with Gasteiger partial charge in [-0.15, -0.1) is 0 Å². The number of nitrogens with zero attached hydrogens (tertiary/aromatic N) is 1. The van der Waals surface area contributed by atoms with E-state index in [1.54, 1.807) is 18.2 Å². The van der Waals surface area contributed by atoms with E-state index in [4.69, 9.17) is 5.11 Å². The number of carbonyl (C=O) groups is 1. The fourth-order valence-electron chi connectivity index (χ4n) is 3.05. The number of benzene rings is 2. The summed E-state index contributed by atoms with van der Waals surface area (Å²) < 4.78 is 26.6. The molecule has 0 atom stereocenters. The van der Waals surface area contributed by atoms with Crippen LogP contribution in [0.25, 0.3) is 0 Å². The molecule has 1 aliphatic heterocycles. The normalized spacial score (nSPS) is 12.3. The molecule has 142 valence electrons. The number of anilines is 5. The lowest BCUT2D eigenvalue weighted by Gasteiger charge is -2.12. The van der Waals surface area contributed by atoms with E-state index >= 15 is 0 Å². The van der Waals surface area contributed by atoms with Crippen LogP contribution in [0.5, 0.6) is 0 Å². The topological polar surface area (TPSA) is 86.3 Å². The number of rotatable bonds is 4. The summed E-state index contributed by atoms with van der Waals surface area (Å²) in [5.74, 6) is -2.14. The smallest absolute Gasteiger partial charge is 0.257 e. The maximum atomic E-state index is 13.3. The van der Waals surface area contributed by atoms with Crippen molar-refractivity contribution >= 4 is 34.3 Å². The Morgan fingerprint density at radius 2 is 1.68 bits per heavy atom. The van der Waals surface area contributed by atoms with Gasteiger partial charge in [-0.25, -0.2) is 0 Å². The Hall–Kier alpha value is -3.52. The first-order valence-corrected chi connectivity index (χ1v) is 8.58. The molecule has 1 aromatic heterocycles. The zero-order valence-corrected chi connectivity index (χ0v) is 14.6. The highest BCUT2D eigenvalue weighted by Gasteiger charge is 2.19. The van der Waals surface area contributed by atoms with Gasteiger partial charge >= 0.3 is 0 Å². The van der Waals surface area contributed by atoms with Crippen LogP contribution in [0.3, 0.4) is 0 Å². The number of aliphatic hydroxyl groups excluding tert-OH is 1. The Bertz CT molecular complexity index is 1050. The number of amides is 1. The first-order valence-electron chi connectivity index (χ1n) is 8.58. The Morgan fingerprint density at radius 3 is 2.43 bits per heavy atom. The number of hydrogen-bond donors (Lipinski definition) is 4. The Morgan fingerprint density at radius 1 is 0.893 bits per heavy atom. The highest BCUT2D eigenvalue weighted by molar-refractivity contribution is 6.12. The highest BCUT2D eigenvalue weighted by atomic mass is 19.1. The van der Waals surface area contributed by atoms with Gasteiger partial charge in [-0.3, -0.25) is 4.79 Å². The highest BCUT2D eigenvalue weighted by Crippen LogP contribution is 2.34. The van der Waals surface area contributed by atoms with Gasteiger partial charge in [0, 0.05) is 30.1 Å². The standard InChI is InChI=1S/C20H16F2N4O2/c21-18-9-13(10-19(22)26-18)23-12-2-3-14-16(8-12)24-15-4-1-11(5-6-27)7-17(15)25-20(14)28/h1-4,7-10,24,27H,5-6H2,(H,23,26)(H,25,28). The van der Waals surface area contributed by atoms with E-state index in [0.29, 0.717) is 34.7 Å². The number of nitrogens with one attached hydrogen (secondary N) is 3. The second-order valence-corrected chi connectivity index (χ2v) is 6.32. The van der Waals surface area contributed by atoms with Crippen LogP contribution in [0.4, 0.5) is 37.2 Å². The number of hydrogen-bond acceptors (Lipinski definition) is 5. The van der Waals surface area contributed by atoms with Crippen molar-refractivity contribution < 1.29 is 18.7 Å². The van der Waals surface area contributed by atoms with E-state index in [2.05, 4.69) is 20.9 Å². The summed E-state index contributed by atoms with van der Waals surface area (Å²) in [4.78, 5) is 15.6. The van der Waals surface area contributed by atoms with E-state index < -0.39 is 11.9 Å². The number of pyridine rings is 1. The summed E-state index contributed by atoms with van der Waals surface area (Å²) in [7, 11) is 0. The van der Waals surface area contributed by atoms with Crippen molar-refractivity contribution in [3.05, 3.63) is 71.6 Å². The molecule has 28 heavy (non-hydrogen) atoms.